The molecule has 3 aliphatic rings. The molecule has 1 nitrogen and oxygen atoms in total. The fraction of sp³-hybridized carbons (Fsp3) is 0.600. The van der Waals surface area contributed by atoms with Gasteiger partial charge >= 0.3 is 0 Å². The molecular weight excluding hydrogens is 196 g/mol. The molecule has 1 aromatic carbocycles. The molecule has 0 amide bonds. The molecule has 4 rings (SSSR count). The molecule has 0 heterocycles. The van der Waals surface area contributed by atoms with Crippen LogP contribution in [-0.2, 0) is 18.4 Å². The maximum absolute atomic E-state index is 10.7. The second kappa shape index (κ2) is 2.89. The Morgan fingerprint density at radius 3 is 2.56 bits per heavy atom. The predicted molar refractivity (Wildman–Crippen MR) is 63.2 cm³/mol. The van der Waals surface area contributed by atoms with Crippen molar-refractivity contribution in [1.82, 2.24) is 0 Å². The van der Waals surface area contributed by atoms with Crippen LogP contribution in [0.4, 0.5) is 0 Å². The second-order valence-electron chi connectivity index (χ2n) is 5.81. The van der Waals surface area contributed by atoms with Crippen molar-refractivity contribution >= 4 is 0 Å². The Labute approximate surface area is 96.5 Å². The fourth-order valence-corrected chi connectivity index (χ4v) is 4.17. The molecule has 0 saturated heterocycles. The van der Waals surface area contributed by atoms with Crippen LogP contribution in [0.5, 0.6) is 0 Å². The predicted octanol–water partition coefficient (Wildman–Crippen LogP) is 2.79. The first-order valence-electron chi connectivity index (χ1n) is 6.65. The highest BCUT2D eigenvalue weighted by Gasteiger charge is 2.66. The number of hydrogen-bond donors (Lipinski definition) is 1. The van der Waals surface area contributed by atoms with E-state index in [0.717, 1.165) is 0 Å². The van der Waals surface area contributed by atoms with E-state index in [0.29, 0.717) is 11.8 Å². The van der Waals surface area contributed by atoms with Crippen LogP contribution in [0.3, 0.4) is 0 Å². The van der Waals surface area contributed by atoms with Crippen LogP contribution < -0.4 is 0 Å². The van der Waals surface area contributed by atoms with Gasteiger partial charge in [-0.1, -0.05) is 24.6 Å². The van der Waals surface area contributed by atoms with E-state index in [9.17, 15) is 5.11 Å². The molecule has 0 aromatic heterocycles. The lowest BCUT2D eigenvalue weighted by atomic mass is 9.96. The lowest BCUT2D eigenvalue weighted by Gasteiger charge is -2.16. The summed E-state index contributed by atoms with van der Waals surface area (Å²) in [7, 11) is 0. The zero-order valence-electron chi connectivity index (χ0n) is 9.58. The van der Waals surface area contributed by atoms with Gasteiger partial charge in [-0.2, -0.15) is 0 Å². The van der Waals surface area contributed by atoms with Crippen LogP contribution in [0.15, 0.2) is 18.2 Å². The van der Waals surface area contributed by atoms with Crippen LogP contribution in [0.1, 0.15) is 42.4 Å². The molecule has 2 atom stereocenters. The maximum atomic E-state index is 10.7. The summed E-state index contributed by atoms with van der Waals surface area (Å²) in [6.45, 7) is 0. The quantitative estimate of drug-likeness (QED) is 0.762. The molecule has 1 aromatic rings. The molecule has 1 N–H and O–H groups in total. The smallest absolute Gasteiger partial charge is 0.0960 e. The lowest BCUT2D eigenvalue weighted by Crippen LogP contribution is -2.13. The molecular formula is C15H18O. The molecule has 2 fully saturated rings. The molecule has 16 heavy (non-hydrogen) atoms. The van der Waals surface area contributed by atoms with E-state index in [1.807, 2.05) is 0 Å². The van der Waals surface area contributed by atoms with Gasteiger partial charge in [0.1, 0.15) is 0 Å². The van der Waals surface area contributed by atoms with Gasteiger partial charge < -0.3 is 5.11 Å². The monoisotopic (exact) mass is 214 g/mol. The van der Waals surface area contributed by atoms with Crippen molar-refractivity contribution in [1.29, 1.82) is 0 Å². The van der Waals surface area contributed by atoms with Gasteiger partial charge in [-0.3, -0.25) is 0 Å². The van der Waals surface area contributed by atoms with Crippen LogP contribution in [-0.4, -0.2) is 5.11 Å². The number of hydrogen-bond acceptors (Lipinski definition) is 1. The van der Waals surface area contributed by atoms with Crippen molar-refractivity contribution < 1.29 is 5.11 Å². The molecule has 0 spiro atoms. The zero-order valence-corrected chi connectivity index (χ0v) is 9.58. The van der Waals surface area contributed by atoms with Crippen molar-refractivity contribution in [3.63, 3.8) is 0 Å². The average molecular weight is 214 g/mol. The molecule has 0 bridgehead atoms. The van der Waals surface area contributed by atoms with E-state index in [-0.39, 0.29) is 0 Å². The Bertz CT molecular complexity index is 439. The Hall–Kier alpha value is -0.820. The minimum Gasteiger partial charge on any atom is -0.385 e. The summed E-state index contributed by atoms with van der Waals surface area (Å²) in [5.41, 5.74) is 3.78. The van der Waals surface area contributed by atoms with Crippen LogP contribution in [0.25, 0.3) is 0 Å². The molecule has 2 unspecified atom stereocenters. The fourth-order valence-electron chi connectivity index (χ4n) is 4.17. The Morgan fingerprint density at radius 1 is 1.00 bits per heavy atom. The van der Waals surface area contributed by atoms with E-state index in [2.05, 4.69) is 18.2 Å². The summed E-state index contributed by atoms with van der Waals surface area (Å²) in [5, 5.41) is 10.7. The van der Waals surface area contributed by atoms with Crippen molar-refractivity contribution in [3.8, 4) is 0 Å². The summed E-state index contributed by atoms with van der Waals surface area (Å²) < 4.78 is 0. The molecule has 3 aliphatic carbocycles. The van der Waals surface area contributed by atoms with E-state index in [4.69, 9.17) is 0 Å². The topological polar surface area (TPSA) is 20.2 Å². The Kier molecular flexibility index (Phi) is 1.67. The van der Waals surface area contributed by atoms with E-state index >= 15 is 0 Å². The van der Waals surface area contributed by atoms with Gasteiger partial charge in [0, 0.05) is 0 Å². The van der Waals surface area contributed by atoms with Gasteiger partial charge in [0.05, 0.1) is 5.60 Å². The normalized spacial score (nSPS) is 39.6. The average Bonchev–Trinajstić information content (AvgIpc) is 2.80. The second-order valence-corrected chi connectivity index (χ2v) is 5.81. The number of fused-ring (bicyclic) bond motifs is 2. The zero-order chi connectivity index (χ0) is 10.8. The van der Waals surface area contributed by atoms with E-state index < -0.39 is 5.60 Å². The first kappa shape index (κ1) is 9.23. The highest BCUT2D eigenvalue weighted by Crippen LogP contribution is 2.66. The van der Waals surface area contributed by atoms with Crippen LogP contribution >= 0.6 is 0 Å². The summed E-state index contributed by atoms with van der Waals surface area (Å²) >= 11 is 0. The van der Waals surface area contributed by atoms with Gasteiger partial charge in [-0.05, 0) is 60.6 Å². The highest BCUT2D eigenvalue weighted by molar-refractivity contribution is 5.41. The van der Waals surface area contributed by atoms with Gasteiger partial charge in [0.25, 0.3) is 0 Å². The van der Waals surface area contributed by atoms with Gasteiger partial charge in [-0.25, -0.2) is 0 Å². The third-order valence-corrected chi connectivity index (χ3v) is 5.10. The van der Waals surface area contributed by atoms with Crippen molar-refractivity contribution in [2.24, 2.45) is 11.8 Å². The summed E-state index contributed by atoms with van der Waals surface area (Å²) in [5.74, 6) is 1.15. The third kappa shape index (κ3) is 1.00. The highest BCUT2D eigenvalue weighted by atomic mass is 16.3. The van der Waals surface area contributed by atoms with Gasteiger partial charge in [-0.15, -0.1) is 0 Å². The SMILES string of the molecule is OC1(c2ccc3c(c2)CCC3)C2CCCC21. The van der Waals surface area contributed by atoms with Gasteiger partial charge in [0.2, 0.25) is 0 Å². The maximum Gasteiger partial charge on any atom is 0.0960 e. The van der Waals surface area contributed by atoms with E-state index in [1.54, 1.807) is 0 Å². The molecule has 2 saturated carbocycles. The first-order chi connectivity index (χ1) is 7.80. The molecule has 84 valence electrons. The number of benzene rings is 1. The lowest BCUT2D eigenvalue weighted by molar-refractivity contribution is 0.105. The largest absolute Gasteiger partial charge is 0.385 e. The van der Waals surface area contributed by atoms with E-state index in [1.165, 1.54) is 55.2 Å². The minimum absolute atomic E-state index is 0.435. The third-order valence-electron chi connectivity index (χ3n) is 5.10. The summed E-state index contributed by atoms with van der Waals surface area (Å²) in [4.78, 5) is 0. The van der Waals surface area contributed by atoms with Gasteiger partial charge in [0.15, 0.2) is 0 Å². The van der Waals surface area contributed by atoms with Crippen molar-refractivity contribution in [3.05, 3.63) is 34.9 Å². The molecule has 0 radical (unpaired) electrons. The number of rotatable bonds is 1. The van der Waals surface area contributed by atoms with Crippen molar-refractivity contribution in [2.75, 3.05) is 0 Å². The van der Waals surface area contributed by atoms with Crippen LogP contribution in [0.2, 0.25) is 0 Å². The Balaban J connectivity index is 1.74. The molecule has 0 aliphatic heterocycles. The number of aryl methyl sites for hydroxylation is 2. The summed E-state index contributed by atoms with van der Waals surface area (Å²) in [6.07, 6.45) is 7.54. The van der Waals surface area contributed by atoms with Crippen LogP contribution in [0, 0.1) is 11.8 Å². The standard InChI is InChI=1S/C15H18O/c16-15(13-5-2-6-14(13)15)12-8-7-10-3-1-4-11(10)9-12/h7-9,13-14,16H,1-6H2. The number of aliphatic hydroxyl groups is 1. The minimum atomic E-state index is -0.435. The van der Waals surface area contributed by atoms with Crippen molar-refractivity contribution in [2.45, 2.75) is 44.1 Å². The summed E-state index contributed by atoms with van der Waals surface area (Å²) in [6, 6.07) is 6.73. The molecule has 1 heteroatoms. The Morgan fingerprint density at radius 2 is 1.75 bits per heavy atom. The first-order valence-corrected chi connectivity index (χ1v) is 6.65.